The van der Waals surface area contributed by atoms with Crippen molar-refractivity contribution in [3.05, 3.63) is 99.2 Å². The second-order valence-corrected chi connectivity index (χ2v) is 9.24. The van der Waals surface area contributed by atoms with Crippen molar-refractivity contribution in [1.82, 2.24) is 4.90 Å². The summed E-state index contributed by atoms with van der Waals surface area (Å²) in [6.07, 6.45) is 0. The van der Waals surface area contributed by atoms with Crippen LogP contribution in [0.15, 0.2) is 76.9 Å². The number of carbonyl (C=O) groups excluding carboxylic acids is 2. The van der Waals surface area contributed by atoms with Crippen LogP contribution in [-0.4, -0.2) is 30.9 Å². The minimum atomic E-state index is -0.438. The van der Waals surface area contributed by atoms with Crippen molar-refractivity contribution in [3.8, 4) is 0 Å². The van der Waals surface area contributed by atoms with E-state index in [9.17, 15) is 9.59 Å². The van der Waals surface area contributed by atoms with Crippen LogP contribution in [0.25, 0.3) is 5.57 Å². The molecule has 3 aromatic carbocycles. The zero-order valence-electron chi connectivity index (χ0n) is 19.3. The Labute approximate surface area is 207 Å². The Balaban J connectivity index is 1.43. The lowest BCUT2D eigenvalue weighted by Crippen LogP contribution is -2.17. The van der Waals surface area contributed by atoms with Gasteiger partial charge in [0.05, 0.1) is 23.9 Å². The zero-order valence-corrected chi connectivity index (χ0v) is 20.9. The summed E-state index contributed by atoms with van der Waals surface area (Å²) in [4.78, 5) is 26.7. The number of amides is 1. The molecule has 0 bridgehead atoms. The van der Waals surface area contributed by atoms with E-state index >= 15 is 0 Å². The van der Waals surface area contributed by atoms with Crippen LogP contribution < -0.4 is 10.6 Å². The van der Waals surface area contributed by atoms with Gasteiger partial charge in [0, 0.05) is 34.5 Å². The molecule has 0 atom stereocenters. The largest absolute Gasteiger partial charge is 0.465 e. The molecule has 3 aromatic rings. The molecule has 0 spiro atoms. The van der Waals surface area contributed by atoms with Gasteiger partial charge in [-0.1, -0.05) is 46.3 Å². The first-order valence-electron chi connectivity index (χ1n) is 10.9. The fourth-order valence-corrected chi connectivity index (χ4v) is 4.30. The highest BCUT2D eigenvalue weighted by Crippen LogP contribution is 2.35. The average Bonchev–Trinajstić information content (AvgIpc) is 3.16. The molecule has 1 heterocycles. The number of methoxy groups -OCH3 is 1. The molecule has 34 heavy (non-hydrogen) atoms. The molecule has 0 aromatic heterocycles. The third-order valence-electron chi connectivity index (χ3n) is 5.66. The lowest BCUT2D eigenvalue weighted by atomic mass is 10.0. The number of nitrogens with one attached hydrogen (secondary N) is 2. The smallest absolute Gasteiger partial charge is 0.337 e. The summed E-state index contributed by atoms with van der Waals surface area (Å²) in [6.45, 7) is 3.57. The van der Waals surface area contributed by atoms with Gasteiger partial charge in [-0.05, 0) is 61.5 Å². The van der Waals surface area contributed by atoms with E-state index in [2.05, 4.69) is 74.9 Å². The standard InChI is InChI=1S/C27H26BrN3O3/c1-17(25-23-13-8-20(27(33)34-3)14-24(23)30-26(25)32)29-22-11-6-19(7-12-22)16-31(2)15-18-4-9-21(28)10-5-18/h4-14,29H,15-16H2,1-3H3,(H,30,32). The van der Waals surface area contributed by atoms with Crippen molar-refractivity contribution in [2.45, 2.75) is 20.0 Å². The van der Waals surface area contributed by atoms with E-state index in [4.69, 9.17) is 4.74 Å². The lowest BCUT2D eigenvalue weighted by molar-refractivity contribution is -0.110. The number of anilines is 2. The van der Waals surface area contributed by atoms with Gasteiger partial charge in [0.15, 0.2) is 0 Å². The van der Waals surface area contributed by atoms with Crippen LogP contribution in [0.5, 0.6) is 0 Å². The van der Waals surface area contributed by atoms with Crippen LogP contribution in [0.4, 0.5) is 11.4 Å². The number of allylic oxidation sites excluding steroid dienone is 1. The van der Waals surface area contributed by atoms with Gasteiger partial charge in [0.25, 0.3) is 5.91 Å². The lowest BCUT2D eigenvalue weighted by Gasteiger charge is -2.17. The Kier molecular flexibility index (Phi) is 7.14. The van der Waals surface area contributed by atoms with Gasteiger partial charge in [-0.15, -0.1) is 0 Å². The van der Waals surface area contributed by atoms with Gasteiger partial charge in [0.1, 0.15) is 0 Å². The Morgan fingerprint density at radius 3 is 2.24 bits per heavy atom. The van der Waals surface area contributed by atoms with Crippen LogP contribution in [0.3, 0.4) is 0 Å². The Morgan fingerprint density at radius 1 is 1.00 bits per heavy atom. The molecule has 1 amide bonds. The molecule has 1 aliphatic heterocycles. The third-order valence-corrected chi connectivity index (χ3v) is 6.19. The maximum atomic E-state index is 12.6. The van der Waals surface area contributed by atoms with Gasteiger partial charge >= 0.3 is 5.97 Å². The summed E-state index contributed by atoms with van der Waals surface area (Å²) in [5.74, 6) is -0.639. The number of hydrogen-bond donors (Lipinski definition) is 2. The third kappa shape index (κ3) is 5.38. The predicted octanol–water partition coefficient (Wildman–Crippen LogP) is 5.66. The van der Waals surface area contributed by atoms with E-state index in [0.717, 1.165) is 34.5 Å². The summed E-state index contributed by atoms with van der Waals surface area (Å²) < 4.78 is 5.84. The molecule has 0 unspecified atom stereocenters. The van der Waals surface area contributed by atoms with Crippen molar-refractivity contribution in [2.75, 3.05) is 24.8 Å². The van der Waals surface area contributed by atoms with Gasteiger partial charge in [0.2, 0.25) is 0 Å². The summed E-state index contributed by atoms with van der Waals surface area (Å²) in [5, 5.41) is 6.17. The van der Waals surface area contributed by atoms with Crippen LogP contribution in [0.2, 0.25) is 0 Å². The van der Waals surface area contributed by atoms with Crippen LogP contribution in [0.1, 0.15) is 34.0 Å². The predicted molar refractivity (Wildman–Crippen MR) is 138 cm³/mol. The van der Waals surface area contributed by atoms with Gasteiger partial charge in [-0.3, -0.25) is 9.69 Å². The molecule has 6 nitrogen and oxygen atoms in total. The highest BCUT2D eigenvalue weighted by atomic mass is 79.9. The molecule has 0 saturated heterocycles. The number of halogens is 1. The minimum Gasteiger partial charge on any atom is -0.465 e. The normalized spacial score (nSPS) is 14.0. The van der Waals surface area contributed by atoms with E-state index in [1.165, 1.54) is 18.2 Å². The molecule has 0 radical (unpaired) electrons. The summed E-state index contributed by atoms with van der Waals surface area (Å²) >= 11 is 3.47. The summed E-state index contributed by atoms with van der Waals surface area (Å²) in [5.41, 5.74) is 6.43. The van der Waals surface area contributed by atoms with Crippen molar-refractivity contribution >= 4 is 44.8 Å². The number of nitrogens with zero attached hydrogens (tertiary/aromatic N) is 1. The van der Waals surface area contributed by atoms with E-state index in [1.807, 2.05) is 19.1 Å². The molecule has 0 aliphatic carbocycles. The molecule has 7 heteroatoms. The number of fused-ring (bicyclic) bond motifs is 1. The van der Waals surface area contributed by atoms with Crippen molar-refractivity contribution in [1.29, 1.82) is 0 Å². The second kappa shape index (κ2) is 10.2. The number of carbonyl (C=O) groups is 2. The molecule has 174 valence electrons. The fourth-order valence-electron chi connectivity index (χ4n) is 4.03. The van der Waals surface area contributed by atoms with E-state index < -0.39 is 5.97 Å². The van der Waals surface area contributed by atoms with Crippen molar-refractivity contribution in [2.24, 2.45) is 0 Å². The van der Waals surface area contributed by atoms with Crippen LogP contribution in [0, 0.1) is 0 Å². The molecule has 4 rings (SSSR count). The van der Waals surface area contributed by atoms with Crippen molar-refractivity contribution < 1.29 is 14.3 Å². The number of rotatable bonds is 7. The summed E-state index contributed by atoms with van der Waals surface area (Å²) in [7, 11) is 3.43. The first-order chi connectivity index (χ1) is 16.3. The Hall–Kier alpha value is -3.42. The van der Waals surface area contributed by atoms with E-state index in [-0.39, 0.29) is 5.91 Å². The fraction of sp³-hybridized carbons (Fsp3) is 0.185. The topological polar surface area (TPSA) is 70.7 Å². The Morgan fingerprint density at radius 2 is 1.62 bits per heavy atom. The van der Waals surface area contributed by atoms with Gasteiger partial charge in [-0.25, -0.2) is 4.79 Å². The maximum Gasteiger partial charge on any atom is 0.337 e. The molecular weight excluding hydrogens is 494 g/mol. The Bertz CT molecular complexity index is 1250. The van der Waals surface area contributed by atoms with Gasteiger partial charge < -0.3 is 15.4 Å². The highest BCUT2D eigenvalue weighted by molar-refractivity contribution is 9.10. The highest BCUT2D eigenvalue weighted by Gasteiger charge is 2.27. The first-order valence-corrected chi connectivity index (χ1v) is 11.7. The SMILES string of the molecule is COC(=O)c1ccc2c(c1)NC(=O)C2=C(C)Nc1ccc(CN(C)Cc2ccc(Br)cc2)cc1. The molecule has 0 saturated carbocycles. The molecule has 1 aliphatic rings. The molecule has 2 N–H and O–H groups in total. The number of ether oxygens (including phenoxy) is 1. The number of benzene rings is 3. The van der Waals surface area contributed by atoms with Crippen LogP contribution in [-0.2, 0) is 22.6 Å². The maximum absolute atomic E-state index is 12.6. The quantitative estimate of drug-likeness (QED) is 0.311. The molecular formula is C27H26BrN3O3. The minimum absolute atomic E-state index is 0.201. The van der Waals surface area contributed by atoms with Crippen molar-refractivity contribution in [3.63, 3.8) is 0 Å². The number of esters is 1. The van der Waals surface area contributed by atoms with E-state index in [0.29, 0.717) is 16.8 Å². The average molecular weight is 520 g/mol. The molecule has 0 fully saturated rings. The van der Waals surface area contributed by atoms with E-state index in [1.54, 1.807) is 18.2 Å². The monoisotopic (exact) mass is 519 g/mol. The zero-order chi connectivity index (χ0) is 24.2. The van der Waals surface area contributed by atoms with Gasteiger partial charge in [-0.2, -0.15) is 0 Å². The summed E-state index contributed by atoms with van der Waals surface area (Å²) in [6, 6.07) is 21.6. The van der Waals surface area contributed by atoms with Crippen LogP contribution >= 0.6 is 15.9 Å². The first kappa shape index (κ1) is 23.7. The second-order valence-electron chi connectivity index (χ2n) is 8.33. The number of hydrogen-bond acceptors (Lipinski definition) is 5.